The topological polar surface area (TPSA) is 54.0 Å². The molecule has 1 aromatic carbocycles. The van der Waals surface area contributed by atoms with Crippen molar-refractivity contribution in [3.05, 3.63) is 59.9 Å². The van der Waals surface area contributed by atoms with Crippen LogP contribution in [-0.4, -0.2) is 24.5 Å². The lowest BCUT2D eigenvalue weighted by atomic mass is 10.1. The molecule has 2 N–H and O–H groups in total. The molecule has 2 aromatic rings. The second kappa shape index (κ2) is 6.54. The van der Waals surface area contributed by atoms with Gasteiger partial charge in [0.2, 0.25) is 0 Å². The number of pyridine rings is 1. The molecule has 0 radical (unpaired) electrons. The Labute approximate surface area is 112 Å². The second-order valence-electron chi connectivity index (χ2n) is 4.17. The highest BCUT2D eigenvalue weighted by Crippen LogP contribution is 2.08. The summed E-state index contributed by atoms with van der Waals surface area (Å²) in [5, 5.41) is 5.85. The Balaban J connectivity index is 1.91. The first-order chi connectivity index (χ1) is 9.29. The van der Waals surface area contributed by atoms with Gasteiger partial charge in [-0.05, 0) is 24.1 Å². The van der Waals surface area contributed by atoms with Gasteiger partial charge in [-0.2, -0.15) is 0 Å². The van der Waals surface area contributed by atoms with Crippen LogP contribution in [0.1, 0.15) is 16.1 Å². The molecule has 0 saturated carbocycles. The Hall–Kier alpha value is -2.36. The number of carbonyl (C=O) groups excluding carboxylic acids is 1. The molecule has 0 bridgehead atoms. The lowest BCUT2D eigenvalue weighted by Gasteiger charge is -2.07. The number of benzene rings is 1. The van der Waals surface area contributed by atoms with Gasteiger partial charge in [0, 0.05) is 25.5 Å². The number of anilines is 1. The zero-order valence-electron chi connectivity index (χ0n) is 10.9. The molecule has 0 aliphatic heterocycles. The molecule has 0 atom stereocenters. The molecule has 4 nitrogen and oxygen atoms in total. The fourth-order valence-corrected chi connectivity index (χ4v) is 1.79. The number of nitrogens with one attached hydrogen (secondary N) is 2. The quantitative estimate of drug-likeness (QED) is 0.860. The predicted octanol–water partition coefficient (Wildman–Crippen LogP) is 2.10. The Morgan fingerprint density at radius 3 is 2.74 bits per heavy atom. The van der Waals surface area contributed by atoms with E-state index >= 15 is 0 Å². The molecule has 98 valence electrons. The van der Waals surface area contributed by atoms with E-state index in [0.717, 1.165) is 18.7 Å². The summed E-state index contributed by atoms with van der Waals surface area (Å²) < 4.78 is 0. The van der Waals surface area contributed by atoms with Crippen LogP contribution in [0.4, 0.5) is 5.69 Å². The van der Waals surface area contributed by atoms with Gasteiger partial charge in [0.1, 0.15) is 5.69 Å². The molecule has 0 unspecified atom stereocenters. The molecule has 0 saturated heterocycles. The van der Waals surface area contributed by atoms with Crippen molar-refractivity contribution in [3.63, 3.8) is 0 Å². The summed E-state index contributed by atoms with van der Waals surface area (Å²) in [6.45, 7) is 0.821. The van der Waals surface area contributed by atoms with Crippen molar-refractivity contribution in [1.29, 1.82) is 0 Å². The van der Waals surface area contributed by atoms with Crippen molar-refractivity contribution in [1.82, 2.24) is 10.3 Å². The normalized spacial score (nSPS) is 9.95. The zero-order valence-corrected chi connectivity index (χ0v) is 10.9. The number of carbonyl (C=O) groups is 1. The van der Waals surface area contributed by atoms with E-state index < -0.39 is 0 Å². The Kier molecular flexibility index (Phi) is 4.50. The summed E-state index contributed by atoms with van der Waals surface area (Å²) >= 11 is 0. The molecular formula is C15H17N3O. The van der Waals surface area contributed by atoms with Crippen molar-refractivity contribution < 1.29 is 4.79 Å². The summed E-state index contributed by atoms with van der Waals surface area (Å²) in [7, 11) is 1.60. The standard InChI is InChI=1S/C15H17N3O/c1-16-15(19)14-11-13(8-10-18-14)17-9-7-12-5-3-2-4-6-12/h2-6,8,10-11H,7,9H2,1H3,(H,16,19)(H,17,18). The first-order valence-electron chi connectivity index (χ1n) is 6.25. The summed E-state index contributed by atoms with van der Waals surface area (Å²) in [5.41, 5.74) is 2.62. The third-order valence-electron chi connectivity index (χ3n) is 2.81. The highest BCUT2D eigenvalue weighted by Gasteiger charge is 2.04. The minimum Gasteiger partial charge on any atom is -0.385 e. The number of rotatable bonds is 5. The molecule has 19 heavy (non-hydrogen) atoms. The van der Waals surface area contributed by atoms with Gasteiger partial charge in [0.05, 0.1) is 0 Å². The van der Waals surface area contributed by atoms with E-state index in [9.17, 15) is 4.79 Å². The summed E-state index contributed by atoms with van der Waals surface area (Å²) in [5.74, 6) is -0.174. The molecule has 1 amide bonds. The van der Waals surface area contributed by atoms with Gasteiger partial charge in [-0.1, -0.05) is 30.3 Å². The van der Waals surface area contributed by atoms with Crippen molar-refractivity contribution in [3.8, 4) is 0 Å². The number of amides is 1. The third-order valence-corrected chi connectivity index (χ3v) is 2.81. The van der Waals surface area contributed by atoms with Crippen LogP contribution in [0.15, 0.2) is 48.7 Å². The minimum atomic E-state index is -0.174. The van der Waals surface area contributed by atoms with Crippen molar-refractivity contribution >= 4 is 11.6 Å². The van der Waals surface area contributed by atoms with Crippen LogP contribution >= 0.6 is 0 Å². The van der Waals surface area contributed by atoms with Crippen LogP contribution in [0.2, 0.25) is 0 Å². The summed E-state index contributed by atoms with van der Waals surface area (Å²) in [4.78, 5) is 15.5. The van der Waals surface area contributed by atoms with E-state index in [1.54, 1.807) is 19.3 Å². The van der Waals surface area contributed by atoms with Crippen molar-refractivity contribution in [2.75, 3.05) is 18.9 Å². The van der Waals surface area contributed by atoms with Gasteiger partial charge in [0.25, 0.3) is 5.91 Å². The molecule has 0 fully saturated rings. The van der Waals surface area contributed by atoms with E-state index in [-0.39, 0.29) is 5.91 Å². The molecule has 1 aromatic heterocycles. The zero-order chi connectivity index (χ0) is 13.5. The van der Waals surface area contributed by atoms with Gasteiger partial charge in [-0.25, -0.2) is 0 Å². The maximum Gasteiger partial charge on any atom is 0.269 e. The largest absolute Gasteiger partial charge is 0.385 e. The molecular weight excluding hydrogens is 238 g/mol. The first kappa shape index (κ1) is 13.1. The molecule has 4 heteroatoms. The fourth-order valence-electron chi connectivity index (χ4n) is 1.79. The van der Waals surface area contributed by atoms with E-state index in [4.69, 9.17) is 0 Å². The van der Waals surface area contributed by atoms with Gasteiger partial charge in [0.15, 0.2) is 0 Å². The Bertz CT molecular complexity index is 540. The molecule has 0 aliphatic carbocycles. The van der Waals surface area contributed by atoms with Crippen LogP contribution in [0.25, 0.3) is 0 Å². The van der Waals surface area contributed by atoms with Crippen LogP contribution in [0, 0.1) is 0 Å². The minimum absolute atomic E-state index is 0.174. The summed E-state index contributed by atoms with van der Waals surface area (Å²) in [6, 6.07) is 13.9. The maximum atomic E-state index is 11.5. The molecule has 2 rings (SSSR count). The fraction of sp³-hybridized carbons (Fsp3) is 0.200. The maximum absolute atomic E-state index is 11.5. The predicted molar refractivity (Wildman–Crippen MR) is 76.3 cm³/mol. The van der Waals surface area contributed by atoms with E-state index in [1.165, 1.54) is 5.56 Å². The van der Waals surface area contributed by atoms with Gasteiger partial charge in [-0.15, -0.1) is 0 Å². The van der Waals surface area contributed by atoms with E-state index in [0.29, 0.717) is 5.69 Å². The van der Waals surface area contributed by atoms with Crippen molar-refractivity contribution in [2.24, 2.45) is 0 Å². The van der Waals surface area contributed by atoms with Crippen LogP contribution < -0.4 is 10.6 Å². The van der Waals surface area contributed by atoms with Crippen molar-refractivity contribution in [2.45, 2.75) is 6.42 Å². The Morgan fingerprint density at radius 2 is 2.00 bits per heavy atom. The lowest BCUT2D eigenvalue weighted by Crippen LogP contribution is -2.19. The number of hydrogen-bond acceptors (Lipinski definition) is 3. The molecule has 1 heterocycles. The number of hydrogen-bond donors (Lipinski definition) is 2. The van der Waals surface area contributed by atoms with Gasteiger partial charge < -0.3 is 10.6 Å². The highest BCUT2D eigenvalue weighted by molar-refractivity contribution is 5.92. The van der Waals surface area contributed by atoms with Crippen LogP contribution in [0.5, 0.6) is 0 Å². The highest BCUT2D eigenvalue weighted by atomic mass is 16.1. The van der Waals surface area contributed by atoms with Crippen LogP contribution in [0.3, 0.4) is 0 Å². The third kappa shape index (κ3) is 3.81. The molecule has 0 spiro atoms. The lowest BCUT2D eigenvalue weighted by molar-refractivity contribution is 0.0958. The van der Waals surface area contributed by atoms with E-state index in [2.05, 4.69) is 27.8 Å². The number of aromatic nitrogens is 1. The van der Waals surface area contributed by atoms with Crippen LogP contribution in [-0.2, 0) is 6.42 Å². The second-order valence-corrected chi connectivity index (χ2v) is 4.17. The first-order valence-corrected chi connectivity index (χ1v) is 6.25. The smallest absolute Gasteiger partial charge is 0.269 e. The van der Waals surface area contributed by atoms with E-state index in [1.807, 2.05) is 24.3 Å². The molecule has 0 aliphatic rings. The monoisotopic (exact) mass is 255 g/mol. The Morgan fingerprint density at radius 1 is 1.21 bits per heavy atom. The number of nitrogens with zero attached hydrogens (tertiary/aromatic N) is 1. The average molecular weight is 255 g/mol. The average Bonchev–Trinajstić information content (AvgIpc) is 2.48. The SMILES string of the molecule is CNC(=O)c1cc(NCCc2ccccc2)ccn1. The van der Waals surface area contributed by atoms with Gasteiger partial charge >= 0.3 is 0 Å². The van der Waals surface area contributed by atoms with Gasteiger partial charge in [-0.3, -0.25) is 9.78 Å². The summed E-state index contributed by atoms with van der Waals surface area (Å²) in [6.07, 6.45) is 2.58.